The van der Waals surface area contributed by atoms with Crippen LogP contribution in [0.25, 0.3) is 0 Å². The SMILES string of the molecule is CCCCC(C)(C)[C@@H](/C=C/[C@@H]1[C@H]2[C@H](F)C(C(I)CCCC(=O)OC)O[C@@H]2C[C@H]1OC1CCCCO1)OC1CCCCO1. The summed E-state index contributed by atoms with van der Waals surface area (Å²) in [5, 5.41) is 0. The zero-order valence-electron chi connectivity index (χ0n) is 26.1. The van der Waals surface area contributed by atoms with Gasteiger partial charge in [0.15, 0.2) is 12.6 Å². The maximum atomic E-state index is 16.4. The number of unbranched alkanes of at least 4 members (excludes halogenated alkanes) is 1. The molecule has 3 heterocycles. The number of fused-ring (bicyclic) bond motifs is 1. The average molecular weight is 709 g/mol. The van der Waals surface area contributed by atoms with Crippen molar-refractivity contribution in [2.24, 2.45) is 17.3 Å². The summed E-state index contributed by atoms with van der Waals surface area (Å²) < 4.78 is 52.6. The fourth-order valence-electron chi connectivity index (χ4n) is 6.98. The van der Waals surface area contributed by atoms with E-state index in [2.05, 4.69) is 55.5 Å². The van der Waals surface area contributed by atoms with Crippen LogP contribution in [-0.2, 0) is 33.2 Å². The number of ether oxygens (including phenoxy) is 6. The van der Waals surface area contributed by atoms with Crippen molar-refractivity contribution in [2.75, 3.05) is 20.3 Å². The molecule has 242 valence electrons. The summed E-state index contributed by atoms with van der Waals surface area (Å²) in [6, 6.07) is 0. The molecule has 0 spiro atoms. The molecule has 0 aromatic rings. The van der Waals surface area contributed by atoms with Crippen molar-refractivity contribution >= 4 is 28.6 Å². The Labute approximate surface area is 266 Å². The fourth-order valence-corrected chi connectivity index (χ4v) is 7.99. The first-order valence-corrected chi connectivity index (χ1v) is 17.7. The average Bonchev–Trinajstić information content (AvgIpc) is 3.50. The zero-order chi connectivity index (χ0) is 30.1. The number of rotatable bonds is 15. The van der Waals surface area contributed by atoms with Crippen LogP contribution in [0, 0.1) is 17.3 Å². The van der Waals surface area contributed by atoms with Gasteiger partial charge in [-0.15, -0.1) is 0 Å². The van der Waals surface area contributed by atoms with Crippen molar-refractivity contribution in [1.82, 2.24) is 0 Å². The van der Waals surface area contributed by atoms with E-state index in [9.17, 15) is 4.79 Å². The van der Waals surface area contributed by atoms with Gasteiger partial charge < -0.3 is 28.4 Å². The van der Waals surface area contributed by atoms with Gasteiger partial charge in [0.1, 0.15) is 12.3 Å². The van der Waals surface area contributed by atoms with Gasteiger partial charge in [0.25, 0.3) is 0 Å². The van der Waals surface area contributed by atoms with E-state index in [0.29, 0.717) is 32.3 Å². The Balaban J connectivity index is 1.51. The van der Waals surface area contributed by atoms with Crippen LogP contribution in [-0.4, -0.2) is 73.4 Å². The van der Waals surface area contributed by atoms with E-state index in [0.717, 1.165) is 64.4 Å². The largest absolute Gasteiger partial charge is 0.469 e. The van der Waals surface area contributed by atoms with Crippen molar-refractivity contribution in [2.45, 2.75) is 151 Å². The third-order valence-electron chi connectivity index (χ3n) is 9.58. The summed E-state index contributed by atoms with van der Waals surface area (Å²) in [6.45, 7) is 8.19. The predicted octanol–water partition coefficient (Wildman–Crippen LogP) is 7.47. The van der Waals surface area contributed by atoms with Gasteiger partial charge in [-0.05, 0) is 63.2 Å². The lowest BCUT2D eigenvalue weighted by molar-refractivity contribution is -0.198. The highest BCUT2D eigenvalue weighted by Gasteiger charge is 2.57. The Morgan fingerprint density at radius 2 is 1.81 bits per heavy atom. The van der Waals surface area contributed by atoms with Crippen molar-refractivity contribution in [3.8, 4) is 0 Å². The summed E-state index contributed by atoms with van der Waals surface area (Å²) in [4.78, 5) is 11.6. The molecule has 9 heteroatoms. The van der Waals surface area contributed by atoms with Crippen LogP contribution in [0.5, 0.6) is 0 Å². The number of hydrogen-bond acceptors (Lipinski definition) is 7. The minimum atomic E-state index is -1.11. The first kappa shape index (κ1) is 34.5. The molecular formula is C33H54FIO7. The topological polar surface area (TPSA) is 72.5 Å². The number of halogens is 2. The highest BCUT2D eigenvalue weighted by molar-refractivity contribution is 14.1. The van der Waals surface area contributed by atoms with E-state index < -0.39 is 12.3 Å². The number of esters is 1. The molecule has 4 rings (SSSR count). The monoisotopic (exact) mass is 708 g/mol. The lowest BCUT2D eigenvalue weighted by Crippen LogP contribution is -2.38. The van der Waals surface area contributed by atoms with E-state index in [1.165, 1.54) is 7.11 Å². The molecular weight excluding hydrogens is 654 g/mol. The Morgan fingerprint density at radius 1 is 1.10 bits per heavy atom. The van der Waals surface area contributed by atoms with Crippen molar-refractivity contribution in [3.63, 3.8) is 0 Å². The third kappa shape index (κ3) is 9.35. The van der Waals surface area contributed by atoms with E-state index >= 15 is 4.39 Å². The summed E-state index contributed by atoms with van der Waals surface area (Å²) in [5.41, 5.74) is -0.0923. The molecule has 0 radical (unpaired) electrons. The number of alkyl halides is 2. The van der Waals surface area contributed by atoms with E-state index in [1.54, 1.807) is 0 Å². The van der Waals surface area contributed by atoms with Gasteiger partial charge in [-0.25, -0.2) is 4.39 Å². The molecule has 4 unspecified atom stereocenters. The lowest BCUT2D eigenvalue weighted by Gasteiger charge is -2.37. The maximum Gasteiger partial charge on any atom is 0.305 e. The number of methoxy groups -OCH3 is 1. The van der Waals surface area contributed by atoms with Gasteiger partial charge in [-0.2, -0.15) is 0 Å². The molecule has 0 bridgehead atoms. The van der Waals surface area contributed by atoms with Crippen LogP contribution in [0.2, 0.25) is 0 Å². The molecule has 3 saturated heterocycles. The first-order chi connectivity index (χ1) is 20.2. The molecule has 1 aliphatic carbocycles. The molecule has 1 saturated carbocycles. The van der Waals surface area contributed by atoms with Crippen molar-refractivity contribution < 1.29 is 37.6 Å². The number of hydrogen-bond donors (Lipinski definition) is 0. The second-order valence-electron chi connectivity index (χ2n) is 13.3. The predicted molar refractivity (Wildman–Crippen MR) is 168 cm³/mol. The molecule has 0 aromatic carbocycles. The summed E-state index contributed by atoms with van der Waals surface area (Å²) >= 11 is 2.30. The Morgan fingerprint density at radius 3 is 2.45 bits per heavy atom. The standard InChI is InChI=1S/C33H54FIO7/c1-5-6-18-33(2,3)26(42-29-15-8-10-20-39-29)17-16-22-24(40-28-14-7-9-19-38-28)21-25-30(22)31(34)32(41-25)23(35)12-11-13-27(36)37-4/h16-17,22-26,28-32H,5-15,18-21H2,1-4H3/b17-16+/t22-,23?,24+,25+,26+,28?,29?,30+,31-,32?/m0/s1. The van der Waals surface area contributed by atoms with Crippen LogP contribution in [0.4, 0.5) is 4.39 Å². The number of carbonyl (C=O) groups excluding carboxylic acids is 1. The second kappa shape index (κ2) is 16.8. The second-order valence-corrected chi connectivity index (χ2v) is 14.9. The zero-order valence-corrected chi connectivity index (χ0v) is 28.3. The van der Waals surface area contributed by atoms with Crippen LogP contribution < -0.4 is 0 Å². The Hall–Kier alpha value is -0.330. The van der Waals surface area contributed by atoms with Crippen LogP contribution in [0.3, 0.4) is 0 Å². The normalized spacial score (nSPS) is 35.3. The third-order valence-corrected chi connectivity index (χ3v) is 10.9. The van der Waals surface area contributed by atoms with Crippen molar-refractivity contribution in [3.05, 3.63) is 12.2 Å². The summed E-state index contributed by atoms with van der Waals surface area (Å²) in [6.07, 6.45) is 13.5. The Kier molecular flexibility index (Phi) is 13.8. The molecule has 3 aliphatic heterocycles. The minimum absolute atomic E-state index is 0.0222. The molecule has 4 aliphatic rings. The molecule has 42 heavy (non-hydrogen) atoms. The maximum absolute atomic E-state index is 16.4. The summed E-state index contributed by atoms with van der Waals surface area (Å²) in [7, 11) is 1.40. The van der Waals surface area contributed by atoms with Gasteiger partial charge in [0.2, 0.25) is 0 Å². The van der Waals surface area contributed by atoms with Crippen LogP contribution in [0.1, 0.15) is 104 Å². The van der Waals surface area contributed by atoms with Gasteiger partial charge >= 0.3 is 5.97 Å². The van der Waals surface area contributed by atoms with E-state index in [4.69, 9.17) is 28.4 Å². The quantitative estimate of drug-likeness (QED) is 0.0757. The molecule has 10 atom stereocenters. The lowest BCUT2D eigenvalue weighted by atomic mass is 9.80. The molecule has 0 N–H and O–H groups in total. The molecule has 4 fully saturated rings. The number of carbonyl (C=O) groups is 1. The first-order valence-electron chi connectivity index (χ1n) is 16.5. The van der Waals surface area contributed by atoms with Crippen LogP contribution in [0.15, 0.2) is 12.2 Å². The minimum Gasteiger partial charge on any atom is -0.469 e. The van der Waals surface area contributed by atoms with Gasteiger partial charge in [-0.3, -0.25) is 4.79 Å². The van der Waals surface area contributed by atoms with Gasteiger partial charge in [-0.1, -0.05) is 68.4 Å². The molecule has 0 amide bonds. The van der Waals surface area contributed by atoms with E-state index in [-0.39, 0.29) is 58.0 Å². The molecule has 0 aromatic heterocycles. The Bertz CT molecular complexity index is 844. The summed E-state index contributed by atoms with van der Waals surface area (Å²) in [5.74, 6) is -0.658. The van der Waals surface area contributed by atoms with E-state index in [1.807, 2.05) is 0 Å². The van der Waals surface area contributed by atoms with Crippen molar-refractivity contribution in [1.29, 1.82) is 0 Å². The highest BCUT2D eigenvalue weighted by atomic mass is 127. The molecule has 7 nitrogen and oxygen atoms in total. The van der Waals surface area contributed by atoms with Crippen LogP contribution >= 0.6 is 22.6 Å². The van der Waals surface area contributed by atoms with Gasteiger partial charge in [0.05, 0.1) is 25.4 Å². The fraction of sp³-hybridized carbons (Fsp3) is 0.909. The smallest absolute Gasteiger partial charge is 0.305 e. The van der Waals surface area contributed by atoms with Gasteiger partial charge in [0, 0.05) is 41.8 Å². The highest BCUT2D eigenvalue weighted by Crippen LogP contribution is 2.49.